The predicted octanol–water partition coefficient (Wildman–Crippen LogP) is 6.41. The van der Waals surface area contributed by atoms with Crippen molar-refractivity contribution in [3.63, 3.8) is 0 Å². The van der Waals surface area contributed by atoms with Crippen LogP contribution in [-0.2, 0) is 15.8 Å². The fourth-order valence-electron chi connectivity index (χ4n) is 5.40. The number of anilines is 2. The number of nitrogens with two attached hydrogens (primary N) is 1. The summed E-state index contributed by atoms with van der Waals surface area (Å²) in [6.45, 7) is 8.25. The standard InChI is InChI=1S/C32H36F3N3O2.CH3NO/c1-4-36-30(39)22(3)20-23-16-18-38(19-17-23)27-14-12-26(13-15-27)37-31(40)28-7-5-6-21(2)29(28)24-8-10-25(11-9-24)32(33,34)35;2-1-3/h5-15,22-23H,4,16-20H2,1-3H3,(H,36,39)(H,37,40);1H,(H2,2,3)/t22-;/m1./s1. The van der Waals surface area contributed by atoms with E-state index in [0.29, 0.717) is 34.8 Å². The first-order valence-corrected chi connectivity index (χ1v) is 14.3. The van der Waals surface area contributed by atoms with E-state index in [1.165, 1.54) is 12.1 Å². The van der Waals surface area contributed by atoms with Crippen molar-refractivity contribution >= 4 is 29.6 Å². The van der Waals surface area contributed by atoms with Crippen molar-refractivity contribution in [3.05, 3.63) is 83.4 Å². The Kier molecular flexibility index (Phi) is 11.7. The number of hydrogen-bond acceptors (Lipinski definition) is 4. The van der Waals surface area contributed by atoms with Crippen LogP contribution in [0.25, 0.3) is 11.1 Å². The molecule has 1 saturated heterocycles. The SMILES string of the molecule is CCNC(=O)[C@H](C)CC1CCN(c2ccc(NC(=O)c3cccc(C)c3-c3ccc(C(F)(F)F)cc3)cc2)CC1.NC=O. The smallest absolute Gasteiger partial charge is 0.372 e. The lowest BCUT2D eigenvalue weighted by atomic mass is 9.87. The molecule has 230 valence electrons. The molecule has 0 saturated carbocycles. The molecule has 0 unspecified atom stereocenters. The zero-order chi connectivity index (χ0) is 31.6. The van der Waals surface area contributed by atoms with Crippen LogP contribution in [0.15, 0.2) is 66.7 Å². The van der Waals surface area contributed by atoms with Crippen LogP contribution in [0, 0.1) is 18.8 Å². The third-order valence-electron chi connectivity index (χ3n) is 7.61. The van der Waals surface area contributed by atoms with E-state index in [1.807, 2.05) is 51.1 Å². The van der Waals surface area contributed by atoms with E-state index in [4.69, 9.17) is 4.79 Å². The summed E-state index contributed by atoms with van der Waals surface area (Å²) in [5, 5.41) is 5.84. The Labute approximate surface area is 250 Å². The maximum Gasteiger partial charge on any atom is 0.416 e. The van der Waals surface area contributed by atoms with Crippen molar-refractivity contribution in [1.82, 2.24) is 5.32 Å². The number of alkyl halides is 3. The molecule has 7 nitrogen and oxygen atoms in total. The number of amides is 3. The number of benzene rings is 3. The first-order valence-electron chi connectivity index (χ1n) is 14.3. The monoisotopic (exact) mass is 596 g/mol. The normalized spacial score (nSPS) is 14.2. The molecule has 3 amide bonds. The zero-order valence-electron chi connectivity index (χ0n) is 24.7. The van der Waals surface area contributed by atoms with Gasteiger partial charge in [0.15, 0.2) is 0 Å². The maximum atomic E-state index is 13.3. The van der Waals surface area contributed by atoms with Gasteiger partial charge in [0.25, 0.3) is 5.91 Å². The topological polar surface area (TPSA) is 105 Å². The molecule has 3 aromatic rings. The molecule has 1 heterocycles. The van der Waals surface area contributed by atoms with E-state index in [9.17, 15) is 22.8 Å². The minimum Gasteiger partial charge on any atom is -0.372 e. The molecule has 1 atom stereocenters. The fourth-order valence-corrected chi connectivity index (χ4v) is 5.40. The van der Waals surface area contributed by atoms with Gasteiger partial charge in [0, 0.05) is 42.5 Å². The van der Waals surface area contributed by atoms with Gasteiger partial charge in [0.2, 0.25) is 12.3 Å². The molecule has 0 bridgehead atoms. The van der Waals surface area contributed by atoms with Crippen molar-refractivity contribution in [1.29, 1.82) is 0 Å². The van der Waals surface area contributed by atoms with Crippen LogP contribution >= 0.6 is 0 Å². The molecular weight excluding hydrogens is 557 g/mol. The number of nitrogens with one attached hydrogen (secondary N) is 2. The third-order valence-corrected chi connectivity index (χ3v) is 7.61. The van der Waals surface area contributed by atoms with E-state index < -0.39 is 11.7 Å². The lowest BCUT2D eigenvalue weighted by Crippen LogP contribution is -2.36. The van der Waals surface area contributed by atoms with Gasteiger partial charge in [-0.25, -0.2) is 0 Å². The minimum atomic E-state index is -4.42. The van der Waals surface area contributed by atoms with Gasteiger partial charge in [0.1, 0.15) is 0 Å². The number of halogens is 3. The summed E-state index contributed by atoms with van der Waals surface area (Å²) in [7, 11) is 0. The summed E-state index contributed by atoms with van der Waals surface area (Å²) in [5.74, 6) is 0.348. The van der Waals surface area contributed by atoms with Crippen LogP contribution in [0.3, 0.4) is 0 Å². The Morgan fingerprint density at radius 2 is 1.63 bits per heavy atom. The Hall–Kier alpha value is -4.34. The maximum absolute atomic E-state index is 13.3. The Morgan fingerprint density at radius 1 is 1.02 bits per heavy atom. The molecule has 0 radical (unpaired) electrons. The second-order valence-corrected chi connectivity index (χ2v) is 10.7. The van der Waals surface area contributed by atoms with Crippen molar-refractivity contribution in [3.8, 4) is 11.1 Å². The van der Waals surface area contributed by atoms with Crippen molar-refractivity contribution in [2.24, 2.45) is 17.6 Å². The number of aryl methyl sites for hydroxylation is 1. The minimum absolute atomic E-state index is 0.0209. The highest BCUT2D eigenvalue weighted by molar-refractivity contribution is 6.09. The van der Waals surface area contributed by atoms with Gasteiger partial charge in [-0.05, 0) is 98.2 Å². The largest absolute Gasteiger partial charge is 0.416 e. The van der Waals surface area contributed by atoms with Crippen LogP contribution in [0.5, 0.6) is 0 Å². The fraction of sp³-hybridized carbons (Fsp3) is 0.364. The Morgan fingerprint density at radius 3 is 2.19 bits per heavy atom. The molecule has 1 aliphatic heterocycles. The molecule has 4 N–H and O–H groups in total. The first-order chi connectivity index (χ1) is 20.5. The van der Waals surface area contributed by atoms with Gasteiger partial charge in [-0.1, -0.05) is 31.2 Å². The molecular formula is C33H39F3N4O3. The highest BCUT2D eigenvalue weighted by atomic mass is 19.4. The van der Waals surface area contributed by atoms with Crippen LogP contribution in [0.2, 0.25) is 0 Å². The van der Waals surface area contributed by atoms with Gasteiger partial charge < -0.3 is 21.3 Å². The summed E-state index contributed by atoms with van der Waals surface area (Å²) >= 11 is 0. The Balaban J connectivity index is 0.00000162. The molecule has 0 aliphatic carbocycles. The van der Waals surface area contributed by atoms with E-state index in [0.717, 1.165) is 55.7 Å². The predicted molar refractivity (Wildman–Crippen MR) is 164 cm³/mol. The number of rotatable bonds is 8. The average molecular weight is 597 g/mol. The van der Waals surface area contributed by atoms with Crippen LogP contribution < -0.4 is 21.3 Å². The van der Waals surface area contributed by atoms with Gasteiger partial charge >= 0.3 is 6.18 Å². The molecule has 10 heteroatoms. The second kappa shape index (κ2) is 15.2. The lowest BCUT2D eigenvalue weighted by Gasteiger charge is -2.34. The molecule has 0 aromatic heterocycles. The number of carbonyl (C=O) groups excluding carboxylic acids is 3. The van der Waals surface area contributed by atoms with E-state index >= 15 is 0 Å². The molecule has 4 rings (SSSR count). The third kappa shape index (κ3) is 9.07. The number of primary amides is 1. The number of carbonyl (C=O) groups is 3. The Bertz CT molecular complexity index is 1370. The van der Waals surface area contributed by atoms with E-state index in [1.54, 1.807) is 12.1 Å². The zero-order valence-corrected chi connectivity index (χ0v) is 24.7. The highest BCUT2D eigenvalue weighted by Crippen LogP contribution is 2.34. The molecule has 1 aliphatic rings. The van der Waals surface area contributed by atoms with E-state index in [2.05, 4.69) is 21.3 Å². The van der Waals surface area contributed by atoms with E-state index in [-0.39, 0.29) is 24.1 Å². The first kappa shape index (κ1) is 33.2. The van der Waals surface area contributed by atoms with Crippen molar-refractivity contribution in [2.75, 3.05) is 29.9 Å². The number of hydrogen-bond donors (Lipinski definition) is 3. The molecule has 0 spiro atoms. The van der Waals surface area contributed by atoms with Gasteiger partial charge in [0.05, 0.1) is 5.56 Å². The summed E-state index contributed by atoms with van der Waals surface area (Å²) < 4.78 is 39.1. The van der Waals surface area contributed by atoms with Crippen LogP contribution in [0.4, 0.5) is 24.5 Å². The number of nitrogens with zero attached hydrogens (tertiary/aromatic N) is 1. The lowest BCUT2D eigenvalue weighted by molar-refractivity contribution is -0.137. The molecule has 1 fully saturated rings. The van der Waals surface area contributed by atoms with Crippen molar-refractivity contribution in [2.45, 2.75) is 46.2 Å². The van der Waals surface area contributed by atoms with Crippen LogP contribution in [-0.4, -0.2) is 37.9 Å². The molecule has 43 heavy (non-hydrogen) atoms. The average Bonchev–Trinajstić information content (AvgIpc) is 2.98. The van der Waals surface area contributed by atoms with Crippen molar-refractivity contribution < 1.29 is 27.6 Å². The van der Waals surface area contributed by atoms with Gasteiger partial charge in [-0.2, -0.15) is 13.2 Å². The molecule has 3 aromatic carbocycles. The summed E-state index contributed by atoms with van der Waals surface area (Å²) in [4.78, 5) is 36.2. The van der Waals surface area contributed by atoms with Crippen LogP contribution in [0.1, 0.15) is 54.6 Å². The number of piperidine rings is 1. The van der Waals surface area contributed by atoms with Gasteiger partial charge in [-0.15, -0.1) is 0 Å². The van der Waals surface area contributed by atoms with Gasteiger partial charge in [-0.3, -0.25) is 14.4 Å². The summed E-state index contributed by atoms with van der Waals surface area (Å²) in [6.07, 6.45) is -1.21. The highest BCUT2D eigenvalue weighted by Gasteiger charge is 2.30. The quantitative estimate of drug-likeness (QED) is 0.261. The summed E-state index contributed by atoms with van der Waals surface area (Å²) in [5.41, 5.74) is 7.51. The second-order valence-electron chi connectivity index (χ2n) is 10.7. The summed E-state index contributed by atoms with van der Waals surface area (Å²) in [6, 6.07) is 17.9.